The molecular weight excluding hydrogens is 403 g/mol. The van der Waals surface area contributed by atoms with Crippen molar-refractivity contribution in [3.05, 3.63) is 64.5 Å². The largest absolute Gasteiger partial charge is 0.384 e. The standard InChI is InChI=1S/C22H21FN4O2S/c23-15-3-2-9-25-20(15)21(28)27-10-7-22(8-11-27)14-13-18(30-17(14)6-12-29-22)16-4-1-5-19(24)26-16/h1-5,9,13H,6-8,10-12H2,(H2,24,26). The van der Waals surface area contributed by atoms with Crippen LogP contribution in [-0.2, 0) is 16.8 Å². The normalized spacial score (nSPS) is 17.7. The first kappa shape index (κ1) is 19.1. The van der Waals surface area contributed by atoms with Gasteiger partial charge in [-0.15, -0.1) is 11.3 Å². The van der Waals surface area contributed by atoms with Crippen LogP contribution in [0.2, 0.25) is 0 Å². The number of carbonyl (C=O) groups is 1. The van der Waals surface area contributed by atoms with Crippen LogP contribution in [0.15, 0.2) is 42.6 Å². The van der Waals surface area contributed by atoms with Crippen molar-refractivity contribution in [1.29, 1.82) is 0 Å². The van der Waals surface area contributed by atoms with Crippen molar-refractivity contribution in [2.45, 2.75) is 24.9 Å². The Labute approximate surface area is 177 Å². The number of piperidine rings is 1. The Kier molecular flexibility index (Phi) is 4.75. The number of likely N-dealkylation sites (tertiary alicyclic amines) is 1. The molecule has 0 aliphatic carbocycles. The van der Waals surface area contributed by atoms with Gasteiger partial charge in [0.1, 0.15) is 5.82 Å². The van der Waals surface area contributed by atoms with Crippen LogP contribution in [0.4, 0.5) is 10.2 Å². The van der Waals surface area contributed by atoms with Crippen molar-refractivity contribution in [2.24, 2.45) is 0 Å². The second kappa shape index (κ2) is 7.45. The van der Waals surface area contributed by atoms with Crippen molar-refractivity contribution < 1.29 is 13.9 Å². The SMILES string of the molecule is Nc1cccc(-c2cc3c(s2)CCOC32CCN(C(=O)c3ncccc3F)CC2)n1. The maximum atomic E-state index is 14.0. The number of nitrogen functional groups attached to an aromatic ring is 1. The van der Waals surface area contributed by atoms with Crippen LogP contribution in [0.5, 0.6) is 0 Å². The molecule has 3 aromatic rings. The Hall–Kier alpha value is -2.84. The fourth-order valence-corrected chi connectivity index (χ4v) is 5.51. The van der Waals surface area contributed by atoms with Gasteiger partial charge in [-0.2, -0.15) is 0 Å². The molecule has 0 bridgehead atoms. The lowest BCUT2D eigenvalue weighted by atomic mass is 9.82. The molecule has 1 spiro atoms. The molecular formula is C22H21FN4O2S. The highest BCUT2D eigenvalue weighted by molar-refractivity contribution is 7.15. The van der Waals surface area contributed by atoms with Gasteiger partial charge >= 0.3 is 0 Å². The highest BCUT2D eigenvalue weighted by Crippen LogP contribution is 2.46. The number of aromatic nitrogens is 2. The number of pyridine rings is 2. The van der Waals surface area contributed by atoms with E-state index in [-0.39, 0.29) is 11.6 Å². The van der Waals surface area contributed by atoms with E-state index in [0.717, 1.165) is 17.0 Å². The zero-order chi connectivity index (χ0) is 20.7. The molecule has 5 rings (SSSR count). The molecule has 2 aliphatic heterocycles. The first-order valence-corrected chi connectivity index (χ1v) is 10.8. The summed E-state index contributed by atoms with van der Waals surface area (Å²) < 4.78 is 20.3. The lowest BCUT2D eigenvalue weighted by Gasteiger charge is -2.44. The minimum Gasteiger partial charge on any atom is -0.384 e. The van der Waals surface area contributed by atoms with Gasteiger partial charge in [-0.25, -0.2) is 14.4 Å². The maximum absolute atomic E-state index is 14.0. The second-order valence-electron chi connectivity index (χ2n) is 7.61. The van der Waals surface area contributed by atoms with Crippen molar-refractivity contribution in [3.63, 3.8) is 0 Å². The van der Waals surface area contributed by atoms with Crippen LogP contribution in [-0.4, -0.2) is 40.5 Å². The number of thiophene rings is 1. The van der Waals surface area contributed by atoms with E-state index in [1.807, 2.05) is 12.1 Å². The van der Waals surface area contributed by atoms with E-state index >= 15 is 0 Å². The number of amides is 1. The second-order valence-corrected chi connectivity index (χ2v) is 8.75. The molecule has 0 atom stereocenters. The number of nitrogens with two attached hydrogens (primary N) is 1. The highest BCUT2D eigenvalue weighted by Gasteiger charge is 2.43. The molecule has 6 nitrogen and oxygen atoms in total. The lowest BCUT2D eigenvalue weighted by Crippen LogP contribution is -2.48. The van der Waals surface area contributed by atoms with E-state index < -0.39 is 11.4 Å². The monoisotopic (exact) mass is 424 g/mol. The van der Waals surface area contributed by atoms with E-state index in [1.54, 1.807) is 22.3 Å². The molecule has 5 heterocycles. The number of ether oxygens (including phenoxy) is 1. The number of hydrogen-bond acceptors (Lipinski definition) is 6. The van der Waals surface area contributed by atoms with Crippen molar-refractivity contribution in [1.82, 2.24) is 14.9 Å². The van der Waals surface area contributed by atoms with Crippen molar-refractivity contribution >= 4 is 23.1 Å². The summed E-state index contributed by atoms with van der Waals surface area (Å²) >= 11 is 1.73. The van der Waals surface area contributed by atoms with Gasteiger partial charge in [0, 0.05) is 30.6 Å². The number of carbonyl (C=O) groups excluding carboxylic acids is 1. The third-order valence-corrected chi connectivity index (χ3v) is 7.07. The van der Waals surface area contributed by atoms with Crippen LogP contribution >= 0.6 is 11.3 Å². The Morgan fingerprint density at radius 3 is 2.83 bits per heavy atom. The Morgan fingerprint density at radius 1 is 1.23 bits per heavy atom. The van der Waals surface area contributed by atoms with Crippen LogP contribution in [0.25, 0.3) is 10.6 Å². The summed E-state index contributed by atoms with van der Waals surface area (Å²) in [4.78, 5) is 25.1. The van der Waals surface area contributed by atoms with Crippen LogP contribution in [0.1, 0.15) is 33.8 Å². The molecule has 1 fully saturated rings. The lowest BCUT2D eigenvalue weighted by molar-refractivity contribution is -0.0927. The Morgan fingerprint density at radius 2 is 2.07 bits per heavy atom. The topological polar surface area (TPSA) is 81.3 Å². The first-order chi connectivity index (χ1) is 14.6. The number of hydrogen-bond donors (Lipinski definition) is 1. The van der Waals surface area contributed by atoms with Gasteiger partial charge in [-0.1, -0.05) is 6.07 Å². The van der Waals surface area contributed by atoms with Crippen molar-refractivity contribution in [3.8, 4) is 10.6 Å². The molecule has 3 aromatic heterocycles. The summed E-state index contributed by atoms with van der Waals surface area (Å²) in [6, 6.07) is 10.6. The Bertz CT molecular complexity index is 1110. The third kappa shape index (κ3) is 3.26. The molecule has 1 amide bonds. The van der Waals surface area contributed by atoms with Crippen LogP contribution in [0, 0.1) is 5.82 Å². The van der Waals surface area contributed by atoms with Gasteiger partial charge in [-0.05, 0) is 48.7 Å². The molecule has 1 saturated heterocycles. The number of nitrogens with zero attached hydrogens (tertiary/aromatic N) is 3. The van der Waals surface area contributed by atoms with Crippen LogP contribution < -0.4 is 5.73 Å². The van der Waals surface area contributed by atoms with Crippen molar-refractivity contribution in [2.75, 3.05) is 25.4 Å². The fourth-order valence-electron chi connectivity index (χ4n) is 4.31. The maximum Gasteiger partial charge on any atom is 0.275 e. The summed E-state index contributed by atoms with van der Waals surface area (Å²) in [6.07, 6.45) is 3.64. The number of halogens is 1. The Balaban J connectivity index is 1.39. The number of fused-ring (bicyclic) bond motifs is 2. The molecule has 154 valence electrons. The van der Waals surface area contributed by atoms with Crippen LogP contribution in [0.3, 0.4) is 0 Å². The number of rotatable bonds is 2. The van der Waals surface area contributed by atoms with Gasteiger partial charge in [0.25, 0.3) is 5.91 Å². The summed E-state index contributed by atoms with van der Waals surface area (Å²) in [5.41, 5.74) is 7.37. The molecule has 0 aromatic carbocycles. The summed E-state index contributed by atoms with van der Waals surface area (Å²) in [7, 11) is 0. The van der Waals surface area contributed by atoms with E-state index in [1.165, 1.54) is 28.8 Å². The van der Waals surface area contributed by atoms with E-state index in [0.29, 0.717) is 38.4 Å². The fraction of sp³-hybridized carbons (Fsp3) is 0.318. The first-order valence-electron chi connectivity index (χ1n) is 9.96. The summed E-state index contributed by atoms with van der Waals surface area (Å²) in [5, 5.41) is 0. The van der Waals surface area contributed by atoms with E-state index in [4.69, 9.17) is 10.5 Å². The predicted molar refractivity (Wildman–Crippen MR) is 113 cm³/mol. The van der Waals surface area contributed by atoms with Gasteiger partial charge in [0.2, 0.25) is 0 Å². The van der Waals surface area contributed by atoms with Gasteiger partial charge in [-0.3, -0.25) is 4.79 Å². The van der Waals surface area contributed by atoms with Gasteiger partial charge in [0.15, 0.2) is 11.5 Å². The predicted octanol–water partition coefficient (Wildman–Crippen LogP) is 3.63. The average molecular weight is 425 g/mol. The summed E-state index contributed by atoms with van der Waals surface area (Å²) in [6.45, 7) is 1.64. The summed E-state index contributed by atoms with van der Waals surface area (Å²) in [5.74, 6) is -0.455. The average Bonchev–Trinajstić information content (AvgIpc) is 3.21. The molecule has 8 heteroatoms. The highest BCUT2D eigenvalue weighted by atomic mass is 32.1. The zero-order valence-electron chi connectivity index (χ0n) is 16.3. The van der Waals surface area contributed by atoms with E-state index in [9.17, 15) is 9.18 Å². The third-order valence-electron chi connectivity index (χ3n) is 5.85. The molecule has 2 aliphatic rings. The number of anilines is 1. The van der Waals surface area contributed by atoms with Gasteiger partial charge < -0.3 is 15.4 Å². The quantitative estimate of drug-likeness (QED) is 0.679. The van der Waals surface area contributed by atoms with Gasteiger partial charge in [0.05, 0.1) is 22.8 Å². The molecule has 0 saturated carbocycles. The molecule has 0 radical (unpaired) electrons. The molecule has 0 unspecified atom stereocenters. The minimum absolute atomic E-state index is 0.121. The smallest absolute Gasteiger partial charge is 0.275 e. The molecule has 2 N–H and O–H groups in total. The zero-order valence-corrected chi connectivity index (χ0v) is 17.1. The molecule has 30 heavy (non-hydrogen) atoms. The van der Waals surface area contributed by atoms with E-state index in [2.05, 4.69) is 16.0 Å². The minimum atomic E-state index is -0.587.